The second kappa shape index (κ2) is 6.74. The fraction of sp³-hybridized carbons (Fsp3) is 0.917. The van der Waals surface area contributed by atoms with Gasteiger partial charge in [-0.05, 0) is 40.0 Å². The zero-order valence-electron chi connectivity index (χ0n) is 11.1. The van der Waals surface area contributed by atoms with E-state index < -0.39 is 5.60 Å². The molecule has 16 heavy (non-hydrogen) atoms. The molecule has 0 aromatic heterocycles. The number of carbonyl (C=O) groups excluding carboxylic acids is 1. The number of amides is 1. The molecule has 0 rings (SSSR count). The molecule has 4 heteroatoms. The van der Waals surface area contributed by atoms with E-state index in [0.717, 1.165) is 6.42 Å². The number of ether oxygens (including phenoxy) is 1. The molecule has 0 saturated heterocycles. The van der Waals surface area contributed by atoms with E-state index in [1.165, 1.54) is 0 Å². The van der Waals surface area contributed by atoms with Crippen molar-refractivity contribution in [3.8, 4) is 0 Å². The number of rotatable bonds is 5. The molecule has 0 aromatic rings. The van der Waals surface area contributed by atoms with E-state index in [9.17, 15) is 4.79 Å². The zero-order valence-corrected chi connectivity index (χ0v) is 11.1. The van der Waals surface area contributed by atoms with Crippen LogP contribution in [0, 0.1) is 5.92 Å². The minimum Gasteiger partial charge on any atom is -0.444 e. The molecular weight excluding hydrogens is 206 g/mol. The zero-order chi connectivity index (χ0) is 12.8. The lowest BCUT2D eigenvalue weighted by molar-refractivity contribution is 0.0210. The Hall–Kier alpha value is -0.770. The molecule has 4 nitrogen and oxygen atoms in total. The molecule has 1 amide bonds. The Kier molecular flexibility index (Phi) is 6.41. The summed E-state index contributed by atoms with van der Waals surface area (Å²) in [5.74, 6) is 0.132. The van der Waals surface area contributed by atoms with Gasteiger partial charge in [0.25, 0.3) is 0 Å². The molecule has 1 N–H and O–H groups in total. The Morgan fingerprint density at radius 2 is 1.94 bits per heavy atom. The van der Waals surface area contributed by atoms with E-state index in [1.807, 2.05) is 34.6 Å². The highest BCUT2D eigenvalue weighted by molar-refractivity contribution is 5.68. The monoisotopic (exact) mass is 231 g/mol. The van der Waals surface area contributed by atoms with Gasteiger partial charge in [0.2, 0.25) is 0 Å². The van der Waals surface area contributed by atoms with Gasteiger partial charge in [-0.25, -0.2) is 4.79 Å². The minimum atomic E-state index is -0.467. The topological polar surface area (TPSA) is 49.8 Å². The van der Waals surface area contributed by atoms with Crippen molar-refractivity contribution in [2.24, 2.45) is 5.92 Å². The van der Waals surface area contributed by atoms with E-state index in [0.29, 0.717) is 13.1 Å². The number of hydrogen-bond donors (Lipinski definition) is 1. The van der Waals surface area contributed by atoms with Crippen LogP contribution < -0.4 is 0 Å². The summed E-state index contributed by atoms with van der Waals surface area (Å²) in [6.45, 7) is 10.7. The molecule has 1 atom stereocenters. The Morgan fingerprint density at radius 1 is 1.38 bits per heavy atom. The Labute approximate surface area is 98.6 Å². The van der Waals surface area contributed by atoms with Crippen molar-refractivity contribution in [1.82, 2.24) is 4.90 Å². The second-order valence-corrected chi connectivity index (χ2v) is 4.98. The van der Waals surface area contributed by atoms with Gasteiger partial charge in [-0.15, -0.1) is 0 Å². The van der Waals surface area contributed by atoms with Crippen molar-refractivity contribution in [3.63, 3.8) is 0 Å². The van der Waals surface area contributed by atoms with Crippen molar-refractivity contribution >= 4 is 6.09 Å². The molecular formula is C12H25NO3. The minimum absolute atomic E-state index is 0.107. The van der Waals surface area contributed by atoms with Gasteiger partial charge in [0, 0.05) is 19.7 Å². The molecule has 0 heterocycles. The fourth-order valence-electron chi connectivity index (χ4n) is 1.29. The van der Waals surface area contributed by atoms with E-state index in [-0.39, 0.29) is 18.6 Å². The summed E-state index contributed by atoms with van der Waals surface area (Å²) in [6.07, 6.45) is 0.553. The summed E-state index contributed by atoms with van der Waals surface area (Å²) in [5, 5.41) is 9.11. The van der Waals surface area contributed by atoms with Gasteiger partial charge in [-0.1, -0.05) is 6.92 Å². The first-order valence-electron chi connectivity index (χ1n) is 5.92. The predicted octanol–water partition coefficient (Wildman–Crippen LogP) is 2.26. The van der Waals surface area contributed by atoms with Gasteiger partial charge in [-0.3, -0.25) is 0 Å². The van der Waals surface area contributed by atoms with Crippen LogP contribution in [0.15, 0.2) is 0 Å². The molecule has 0 radical (unpaired) electrons. The standard InChI is InChI=1S/C12H25NO3/c1-6-10(9-14)8-13(7-2)11(15)16-12(3,4)5/h10,14H,6-9H2,1-5H3/t10-/m1/s1. The van der Waals surface area contributed by atoms with Crippen LogP contribution in [0.3, 0.4) is 0 Å². The molecule has 0 fully saturated rings. The van der Waals surface area contributed by atoms with E-state index >= 15 is 0 Å². The van der Waals surface area contributed by atoms with Crippen LogP contribution in [-0.4, -0.2) is 41.4 Å². The Balaban J connectivity index is 4.32. The van der Waals surface area contributed by atoms with Gasteiger partial charge in [-0.2, -0.15) is 0 Å². The van der Waals surface area contributed by atoms with Crippen molar-refractivity contribution in [3.05, 3.63) is 0 Å². The van der Waals surface area contributed by atoms with Gasteiger partial charge in [0.1, 0.15) is 5.60 Å². The van der Waals surface area contributed by atoms with Gasteiger partial charge in [0.05, 0.1) is 0 Å². The second-order valence-electron chi connectivity index (χ2n) is 4.98. The first kappa shape index (κ1) is 15.2. The van der Waals surface area contributed by atoms with Gasteiger partial charge < -0.3 is 14.7 Å². The van der Waals surface area contributed by atoms with E-state index in [2.05, 4.69) is 0 Å². The molecule has 0 aliphatic carbocycles. The van der Waals surface area contributed by atoms with Crippen LogP contribution in [0.4, 0.5) is 4.79 Å². The van der Waals surface area contributed by atoms with Gasteiger partial charge >= 0.3 is 6.09 Å². The lowest BCUT2D eigenvalue weighted by Gasteiger charge is -2.28. The third-order valence-corrected chi connectivity index (χ3v) is 2.35. The summed E-state index contributed by atoms with van der Waals surface area (Å²) in [5.41, 5.74) is -0.467. The molecule has 0 unspecified atom stereocenters. The average Bonchev–Trinajstić information content (AvgIpc) is 2.17. The third-order valence-electron chi connectivity index (χ3n) is 2.35. The summed E-state index contributed by atoms with van der Waals surface area (Å²) in [6, 6.07) is 0. The normalized spacial score (nSPS) is 13.4. The molecule has 0 saturated carbocycles. The van der Waals surface area contributed by atoms with Crippen molar-refractivity contribution < 1.29 is 14.6 Å². The first-order chi connectivity index (χ1) is 7.34. The van der Waals surface area contributed by atoms with Gasteiger partial charge in [0.15, 0.2) is 0 Å². The summed E-state index contributed by atoms with van der Waals surface area (Å²) < 4.78 is 5.29. The number of aliphatic hydroxyl groups is 1. The molecule has 0 bridgehead atoms. The Morgan fingerprint density at radius 3 is 2.25 bits per heavy atom. The molecule has 0 aromatic carbocycles. The highest BCUT2D eigenvalue weighted by Crippen LogP contribution is 2.12. The first-order valence-corrected chi connectivity index (χ1v) is 5.92. The van der Waals surface area contributed by atoms with E-state index in [1.54, 1.807) is 4.90 Å². The average molecular weight is 231 g/mol. The fourth-order valence-corrected chi connectivity index (χ4v) is 1.29. The van der Waals surface area contributed by atoms with Crippen LogP contribution in [0.1, 0.15) is 41.0 Å². The number of carbonyl (C=O) groups is 1. The maximum absolute atomic E-state index is 11.8. The number of aliphatic hydroxyl groups excluding tert-OH is 1. The van der Waals surface area contributed by atoms with Crippen LogP contribution in [0.5, 0.6) is 0 Å². The van der Waals surface area contributed by atoms with Crippen molar-refractivity contribution in [2.75, 3.05) is 19.7 Å². The number of hydrogen-bond acceptors (Lipinski definition) is 3. The maximum Gasteiger partial charge on any atom is 0.410 e. The molecule has 0 aliphatic heterocycles. The quantitative estimate of drug-likeness (QED) is 0.789. The van der Waals surface area contributed by atoms with E-state index in [4.69, 9.17) is 9.84 Å². The summed E-state index contributed by atoms with van der Waals surface area (Å²) in [4.78, 5) is 13.4. The lowest BCUT2D eigenvalue weighted by atomic mass is 10.1. The largest absolute Gasteiger partial charge is 0.444 e. The van der Waals surface area contributed by atoms with Crippen LogP contribution in [0.2, 0.25) is 0 Å². The number of nitrogens with zero attached hydrogens (tertiary/aromatic N) is 1. The van der Waals surface area contributed by atoms with Crippen LogP contribution >= 0.6 is 0 Å². The highest BCUT2D eigenvalue weighted by atomic mass is 16.6. The predicted molar refractivity (Wildman–Crippen MR) is 64.3 cm³/mol. The maximum atomic E-state index is 11.8. The summed E-state index contributed by atoms with van der Waals surface area (Å²) in [7, 11) is 0. The molecule has 96 valence electrons. The molecule has 0 spiro atoms. The van der Waals surface area contributed by atoms with Crippen LogP contribution in [-0.2, 0) is 4.74 Å². The Bertz CT molecular complexity index is 207. The van der Waals surface area contributed by atoms with Crippen molar-refractivity contribution in [1.29, 1.82) is 0 Å². The smallest absolute Gasteiger partial charge is 0.410 e. The van der Waals surface area contributed by atoms with Crippen molar-refractivity contribution in [2.45, 2.75) is 46.6 Å². The SMILES string of the molecule is CC[C@@H](CO)CN(CC)C(=O)OC(C)(C)C. The highest BCUT2D eigenvalue weighted by Gasteiger charge is 2.22. The molecule has 0 aliphatic rings. The third kappa shape index (κ3) is 5.95. The summed E-state index contributed by atoms with van der Waals surface area (Å²) >= 11 is 0. The lowest BCUT2D eigenvalue weighted by Crippen LogP contribution is -2.40. The van der Waals surface area contributed by atoms with Crippen LogP contribution in [0.25, 0.3) is 0 Å².